The zero-order valence-electron chi connectivity index (χ0n) is 10.8. The first-order valence-corrected chi connectivity index (χ1v) is 6.60. The zero-order valence-corrected chi connectivity index (χ0v) is 10.8. The molecule has 0 unspecified atom stereocenters. The first-order valence-electron chi connectivity index (χ1n) is 6.60. The molecule has 0 radical (unpaired) electrons. The molecule has 1 saturated heterocycles. The van der Waals surface area contributed by atoms with Crippen molar-refractivity contribution in [2.75, 3.05) is 26.2 Å². The molecular weight excluding hydrogens is 214 g/mol. The Morgan fingerprint density at radius 2 is 2.12 bits per heavy atom. The van der Waals surface area contributed by atoms with Crippen LogP contribution in [0, 0.1) is 18.3 Å². The van der Waals surface area contributed by atoms with Gasteiger partial charge in [-0.25, -0.2) is 0 Å². The van der Waals surface area contributed by atoms with Gasteiger partial charge < -0.3 is 9.64 Å². The van der Waals surface area contributed by atoms with E-state index in [2.05, 4.69) is 10.8 Å². The number of terminal acetylenes is 1. The number of esters is 1. The minimum atomic E-state index is -0.0708. The highest BCUT2D eigenvalue weighted by atomic mass is 16.5. The maximum Gasteiger partial charge on any atom is 0.305 e. The van der Waals surface area contributed by atoms with Crippen molar-refractivity contribution in [3.63, 3.8) is 0 Å². The number of carbonyl (C=O) groups is 1. The third-order valence-electron chi connectivity index (χ3n) is 3.23. The summed E-state index contributed by atoms with van der Waals surface area (Å²) in [5.41, 5.74) is 0. The summed E-state index contributed by atoms with van der Waals surface area (Å²) < 4.78 is 4.89. The van der Waals surface area contributed by atoms with Crippen molar-refractivity contribution in [3.8, 4) is 12.3 Å². The Labute approximate surface area is 105 Å². The lowest BCUT2D eigenvalue weighted by atomic mass is 9.98. The van der Waals surface area contributed by atoms with E-state index in [0.29, 0.717) is 18.9 Å². The molecule has 1 aliphatic heterocycles. The lowest BCUT2D eigenvalue weighted by Crippen LogP contribution is -2.34. The van der Waals surface area contributed by atoms with Crippen molar-refractivity contribution in [1.82, 2.24) is 4.90 Å². The van der Waals surface area contributed by atoms with E-state index in [1.54, 1.807) is 0 Å². The molecule has 0 atom stereocenters. The summed E-state index contributed by atoms with van der Waals surface area (Å²) in [6, 6.07) is 0. The summed E-state index contributed by atoms with van der Waals surface area (Å²) >= 11 is 0. The molecule has 96 valence electrons. The first-order chi connectivity index (χ1) is 8.26. The van der Waals surface area contributed by atoms with Gasteiger partial charge in [-0.2, -0.15) is 0 Å². The van der Waals surface area contributed by atoms with Crippen molar-refractivity contribution in [1.29, 1.82) is 0 Å². The number of hydrogen-bond donors (Lipinski definition) is 0. The molecule has 0 aromatic rings. The molecule has 0 amide bonds. The maximum atomic E-state index is 11.1. The molecule has 0 N–H and O–H groups in total. The molecule has 0 aromatic heterocycles. The van der Waals surface area contributed by atoms with E-state index in [-0.39, 0.29) is 5.97 Å². The van der Waals surface area contributed by atoms with Gasteiger partial charge in [0.25, 0.3) is 0 Å². The second kappa shape index (κ2) is 8.14. The highest BCUT2D eigenvalue weighted by Gasteiger charge is 2.16. The third-order valence-corrected chi connectivity index (χ3v) is 3.23. The summed E-state index contributed by atoms with van der Waals surface area (Å²) in [5.74, 6) is 3.24. The monoisotopic (exact) mass is 237 g/mol. The molecule has 3 heteroatoms. The molecule has 1 fully saturated rings. The fraction of sp³-hybridized carbons (Fsp3) is 0.786. The summed E-state index contributed by atoms with van der Waals surface area (Å²) in [7, 11) is 0. The van der Waals surface area contributed by atoms with Gasteiger partial charge in [0.2, 0.25) is 0 Å². The van der Waals surface area contributed by atoms with Crippen molar-refractivity contribution in [3.05, 3.63) is 0 Å². The lowest BCUT2D eigenvalue weighted by molar-refractivity contribution is -0.143. The average Bonchev–Trinajstić information content (AvgIpc) is 2.36. The predicted octanol–water partition coefficient (Wildman–Crippen LogP) is 2.06. The molecule has 17 heavy (non-hydrogen) atoms. The van der Waals surface area contributed by atoms with Gasteiger partial charge >= 0.3 is 5.97 Å². The second-order valence-corrected chi connectivity index (χ2v) is 4.54. The van der Waals surface area contributed by atoms with Crippen LogP contribution in [0.1, 0.15) is 39.0 Å². The number of piperidine rings is 1. The van der Waals surface area contributed by atoms with E-state index in [0.717, 1.165) is 45.3 Å². The molecule has 0 aromatic carbocycles. The number of ether oxygens (including phenoxy) is 1. The Morgan fingerprint density at radius 3 is 2.71 bits per heavy atom. The molecule has 1 heterocycles. The van der Waals surface area contributed by atoms with Crippen LogP contribution >= 0.6 is 0 Å². The topological polar surface area (TPSA) is 29.5 Å². The van der Waals surface area contributed by atoms with Crippen LogP contribution in [0.5, 0.6) is 0 Å². The van der Waals surface area contributed by atoms with E-state index in [1.165, 1.54) is 0 Å². The number of unbranched alkanes of at least 4 members (excludes halogenated alkanes) is 1. The SMILES string of the molecule is C#CC1CCN(CCCCC(=O)OCC)CC1. The van der Waals surface area contributed by atoms with E-state index in [9.17, 15) is 4.79 Å². The van der Waals surface area contributed by atoms with Gasteiger partial charge in [0.15, 0.2) is 0 Å². The summed E-state index contributed by atoms with van der Waals surface area (Å²) in [6.07, 6.45) is 10.2. The van der Waals surface area contributed by atoms with Gasteiger partial charge in [-0.3, -0.25) is 4.79 Å². The van der Waals surface area contributed by atoms with Crippen molar-refractivity contribution < 1.29 is 9.53 Å². The first kappa shape index (κ1) is 14.1. The minimum absolute atomic E-state index is 0.0708. The van der Waals surface area contributed by atoms with Gasteiger partial charge in [0, 0.05) is 12.3 Å². The fourth-order valence-corrected chi connectivity index (χ4v) is 2.16. The van der Waals surface area contributed by atoms with Gasteiger partial charge in [-0.1, -0.05) is 0 Å². The van der Waals surface area contributed by atoms with Crippen molar-refractivity contribution >= 4 is 5.97 Å². The third kappa shape index (κ3) is 5.74. The normalized spacial score (nSPS) is 17.6. The second-order valence-electron chi connectivity index (χ2n) is 4.54. The highest BCUT2D eigenvalue weighted by molar-refractivity contribution is 5.69. The number of likely N-dealkylation sites (tertiary alicyclic amines) is 1. The van der Waals surface area contributed by atoms with Crippen LogP contribution in [0.2, 0.25) is 0 Å². The van der Waals surface area contributed by atoms with Crippen molar-refractivity contribution in [2.45, 2.75) is 39.0 Å². The Balaban J connectivity index is 2.01. The van der Waals surface area contributed by atoms with Gasteiger partial charge in [0.05, 0.1) is 6.61 Å². The standard InChI is InChI=1S/C14H23NO2/c1-3-13-8-11-15(12-9-13)10-6-5-7-14(16)17-4-2/h1,13H,4-12H2,2H3. The van der Waals surface area contributed by atoms with Gasteiger partial charge in [-0.05, 0) is 52.2 Å². The van der Waals surface area contributed by atoms with E-state index < -0.39 is 0 Å². The molecular formula is C14H23NO2. The van der Waals surface area contributed by atoms with E-state index in [4.69, 9.17) is 11.2 Å². The molecule has 3 nitrogen and oxygen atoms in total. The molecule has 0 aliphatic carbocycles. The molecule has 1 aliphatic rings. The molecule has 0 bridgehead atoms. The molecule has 0 spiro atoms. The average molecular weight is 237 g/mol. The van der Waals surface area contributed by atoms with Crippen LogP contribution in [0.15, 0.2) is 0 Å². The van der Waals surface area contributed by atoms with Gasteiger partial charge in [-0.15, -0.1) is 12.3 Å². The number of carbonyl (C=O) groups excluding carboxylic acids is 1. The van der Waals surface area contributed by atoms with Crippen LogP contribution in [0.4, 0.5) is 0 Å². The van der Waals surface area contributed by atoms with Gasteiger partial charge in [0.1, 0.15) is 0 Å². The highest BCUT2D eigenvalue weighted by Crippen LogP contribution is 2.16. The zero-order chi connectivity index (χ0) is 12.5. The van der Waals surface area contributed by atoms with Crippen LogP contribution in [0.25, 0.3) is 0 Å². The van der Waals surface area contributed by atoms with Crippen LogP contribution in [0.3, 0.4) is 0 Å². The van der Waals surface area contributed by atoms with Crippen LogP contribution in [-0.4, -0.2) is 37.1 Å². The molecule has 1 rings (SSSR count). The minimum Gasteiger partial charge on any atom is -0.466 e. The van der Waals surface area contributed by atoms with Crippen LogP contribution in [-0.2, 0) is 9.53 Å². The van der Waals surface area contributed by atoms with E-state index >= 15 is 0 Å². The van der Waals surface area contributed by atoms with Crippen LogP contribution < -0.4 is 0 Å². The Kier molecular flexibility index (Phi) is 6.73. The van der Waals surface area contributed by atoms with E-state index in [1.807, 2.05) is 6.92 Å². The number of nitrogens with zero attached hydrogens (tertiary/aromatic N) is 1. The smallest absolute Gasteiger partial charge is 0.305 e. The number of hydrogen-bond acceptors (Lipinski definition) is 3. The Morgan fingerprint density at radius 1 is 1.41 bits per heavy atom. The quantitative estimate of drug-likeness (QED) is 0.402. The van der Waals surface area contributed by atoms with Crippen molar-refractivity contribution in [2.24, 2.45) is 5.92 Å². The predicted molar refractivity (Wildman–Crippen MR) is 68.5 cm³/mol. The Bertz CT molecular complexity index is 262. The lowest BCUT2D eigenvalue weighted by Gasteiger charge is -2.29. The largest absolute Gasteiger partial charge is 0.466 e. The molecule has 0 saturated carbocycles. The maximum absolute atomic E-state index is 11.1. The Hall–Kier alpha value is -1.01. The summed E-state index contributed by atoms with van der Waals surface area (Å²) in [6.45, 7) is 5.62. The summed E-state index contributed by atoms with van der Waals surface area (Å²) in [4.78, 5) is 13.6. The number of rotatable bonds is 6. The fourth-order valence-electron chi connectivity index (χ4n) is 2.16. The summed E-state index contributed by atoms with van der Waals surface area (Å²) in [5, 5.41) is 0.